The number of halogens is 1. The summed E-state index contributed by atoms with van der Waals surface area (Å²) in [5, 5.41) is 0. The Morgan fingerprint density at radius 1 is 1.22 bits per heavy atom. The van der Waals surface area contributed by atoms with Crippen molar-refractivity contribution >= 4 is 22.6 Å². The number of hydrogen-bond donors (Lipinski definition) is 0. The van der Waals surface area contributed by atoms with Crippen LogP contribution in [0.3, 0.4) is 0 Å². The molecule has 0 fully saturated rings. The Morgan fingerprint density at radius 3 is 2.00 bits per heavy atom. The molecule has 1 heterocycles. The van der Waals surface area contributed by atoms with E-state index in [4.69, 9.17) is 0 Å². The maximum absolute atomic E-state index is 4.23. The third-order valence-electron chi connectivity index (χ3n) is 1.05. The lowest BCUT2D eigenvalue weighted by Gasteiger charge is -1.94. The van der Waals surface area contributed by atoms with Gasteiger partial charge in [0.05, 0.1) is 0 Å². The zero-order chi connectivity index (χ0) is 6.85. The van der Waals surface area contributed by atoms with Crippen LogP contribution in [0.2, 0.25) is 0 Å². The molecule has 0 aliphatic carbocycles. The van der Waals surface area contributed by atoms with Crippen molar-refractivity contribution in [3.8, 4) is 0 Å². The van der Waals surface area contributed by atoms with E-state index in [1.165, 1.54) is 3.57 Å². The largest absolute Gasteiger partial charge is 0.258 e. The summed E-state index contributed by atoms with van der Waals surface area (Å²) in [4.78, 5) is 4.23. The van der Waals surface area contributed by atoms with Gasteiger partial charge in [-0.2, -0.15) is 0 Å². The number of hydrogen-bond acceptors (Lipinski definition) is 1. The normalized spacial score (nSPS) is 9.67. The van der Waals surface area contributed by atoms with E-state index < -0.39 is 0 Å². The first-order valence-electron chi connectivity index (χ1n) is 2.79. The van der Waals surface area contributed by atoms with Crippen molar-refractivity contribution < 1.29 is 0 Å². The Kier molecular flexibility index (Phi) is 2.05. The van der Waals surface area contributed by atoms with Gasteiger partial charge in [0, 0.05) is 15.0 Å². The van der Waals surface area contributed by atoms with Crippen LogP contribution in [0.25, 0.3) is 0 Å². The highest BCUT2D eigenvalue weighted by Crippen LogP contribution is 2.06. The molecule has 1 aromatic heterocycles. The minimum atomic E-state index is 1.10. The quantitative estimate of drug-likeness (QED) is 0.626. The van der Waals surface area contributed by atoms with Gasteiger partial charge < -0.3 is 0 Å². The predicted molar refractivity (Wildman–Crippen MR) is 46.4 cm³/mol. The van der Waals surface area contributed by atoms with Crippen molar-refractivity contribution in [1.82, 2.24) is 4.98 Å². The summed E-state index contributed by atoms with van der Waals surface area (Å²) >= 11 is 2.29. The summed E-state index contributed by atoms with van der Waals surface area (Å²) in [6.07, 6.45) is 0. The summed E-state index contributed by atoms with van der Waals surface area (Å²) < 4.78 is 1.26. The lowest BCUT2D eigenvalue weighted by atomic mass is 10.3. The number of nitrogens with zero attached hydrogens (tertiary/aromatic N) is 1. The van der Waals surface area contributed by atoms with Gasteiger partial charge in [0.15, 0.2) is 0 Å². The maximum Gasteiger partial charge on any atom is 0.0386 e. The minimum absolute atomic E-state index is 1.10. The Balaban J connectivity index is 3.17. The van der Waals surface area contributed by atoms with E-state index in [2.05, 4.69) is 39.7 Å². The Hall–Kier alpha value is -0.120. The molecule has 0 aliphatic heterocycles. The number of aryl methyl sites for hydroxylation is 2. The lowest BCUT2D eigenvalue weighted by Crippen LogP contribution is -1.85. The van der Waals surface area contributed by atoms with Crippen LogP contribution in [0, 0.1) is 17.4 Å². The zero-order valence-corrected chi connectivity index (χ0v) is 7.64. The Bertz CT molecular complexity index is 170. The Labute approximate surface area is 68.6 Å². The first-order chi connectivity index (χ1) is 4.18. The van der Waals surface area contributed by atoms with Gasteiger partial charge in [-0.15, -0.1) is 0 Å². The molecule has 0 spiro atoms. The lowest BCUT2D eigenvalue weighted by molar-refractivity contribution is 1.11. The molecule has 9 heavy (non-hydrogen) atoms. The topological polar surface area (TPSA) is 12.9 Å². The molecular formula is C7H8IN. The maximum atomic E-state index is 4.23. The van der Waals surface area contributed by atoms with Gasteiger partial charge in [-0.25, -0.2) is 0 Å². The molecule has 0 saturated carbocycles. The van der Waals surface area contributed by atoms with Crippen LogP contribution in [-0.2, 0) is 0 Å². The molecule has 0 radical (unpaired) electrons. The van der Waals surface area contributed by atoms with Crippen molar-refractivity contribution in [2.45, 2.75) is 13.8 Å². The molecule has 0 atom stereocenters. The van der Waals surface area contributed by atoms with E-state index in [1.54, 1.807) is 0 Å². The summed E-state index contributed by atoms with van der Waals surface area (Å²) in [5.74, 6) is 0. The zero-order valence-electron chi connectivity index (χ0n) is 5.48. The average molecular weight is 233 g/mol. The second-order valence-corrected chi connectivity index (χ2v) is 3.31. The third kappa shape index (κ3) is 1.93. The van der Waals surface area contributed by atoms with Crippen LogP contribution in [-0.4, -0.2) is 4.98 Å². The molecule has 1 nitrogen and oxygen atoms in total. The fourth-order valence-corrected chi connectivity index (χ4v) is 1.68. The molecule has 0 saturated heterocycles. The smallest absolute Gasteiger partial charge is 0.0386 e. The molecule has 0 N–H and O–H groups in total. The summed E-state index contributed by atoms with van der Waals surface area (Å²) in [5.41, 5.74) is 2.19. The molecule has 0 unspecified atom stereocenters. The van der Waals surface area contributed by atoms with Gasteiger partial charge in [0.25, 0.3) is 0 Å². The van der Waals surface area contributed by atoms with E-state index >= 15 is 0 Å². The van der Waals surface area contributed by atoms with Crippen LogP contribution >= 0.6 is 22.6 Å². The van der Waals surface area contributed by atoms with Crippen molar-refractivity contribution in [1.29, 1.82) is 0 Å². The van der Waals surface area contributed by atoms with Crippen molar-refractivity contribution in [3.05, 3.63) is 27.1 Å². The van der Waals surface area contributed by atoms with Crippen LogP contribution in [0.15, 0.2) is 12.1 Å². The second kappa shape index (κ2) is 2.64. The first-order valence-corrected chi connectivity index (χ1v) is 3.87. The standard InChI is InChI=1S/C7H8IN/c1-5-3-7(8)4-6(2)9-5/h3-4H,1-2H3. The van der Waals surface area contributed by atoms with Gasteiger partial charge in [0.2, 0.25) is 0 Å². The van der Waals surface area contributed by atoms with E-state index in [-0.39, 0.29) is 0 Å². The molecule has 0 amide bonds. The Morgan fingerprint density at radius 2 is 1.67 bits per heavy atom. The molecule has 0 bridgehead atoms. The minimum Gasteiger partial charge on any atom is -0.258 e. The highest BCUT2D eigenvalue weighted by molar-refractivity contribution is 14.1. The van der Waals surface area contributed by atoms with Crippen molar-refractivity contribution in [3.63, 3.8) is 0 Å². The average Bonchev–Trinajstić information content (AvgIpc) is 1.59. The molecule has 1 aromatic rings. The van der Waals surface area contributed by atoms with E-state index in [9.17, 15) is 0 Å². The summed E-state index contributed by atoms with van der Waals surface area (Å²) in [6.45, 7) is 4.02. The van der Waals surface area contributed by atoms with Crippen LogP contribution < -0.4 is 0 Å². The van der Waals surface area contributed by atoms with Gasteiger partial charge in [0.1, 0.15) is 0 Å². The number of pyridine rings is 1. The van der Waals surface area contributed by atoms with Crippen LogP contribution in [0.4, 0.5) is 0 Å². The highest BCUT2D eigenvalue weighted by atomic mass is 127. The summed E-state index contributed by atoms with van der Waals surface area (Å²) in [6, 6.07) is 4.13. The van der Waals surface area contributed by atoms with Crippen molar-refractivity contribution in [2.24, 2.45) is 0 Å². The number of rotatable bonds is 0. The molecular weight excluding hydrogens is 225 g/mol. The first kappa shape index (κ1) is 6.99. The van der Waals surface area contributed by atoms with Gasteiger partial charge >= 0.3 is 0 Å². The van der Waals surface area contributed by atoms with Crippen molar-refractivity contribution in [2.75, 3.05) is 0 Å². The third-order valence-corrected chi connectivity index (χ3v) is 1.67. The van der Waals surface area contributed by atoms with Gasteiger partial charge in [-0.3, -0.25) is 4.98 Å². The molecule has 48 valence electrons. The second-order valence-electron chi connectivity index (χ2n) is 2.07. The fourth-order valence-electron chi connectivity index (χ4n) is 0.783. The van der Waals surface area contributed by atoms with E-state index in [0.717, 1.165) is 11.4 Å². The monoisotopic (exact) mass is 233 g/mol. The van der Waals surface area contributed by atoms with E-state index in [0.29, 0.717) is 0 Å². The number of aromatic nitrogens is 1. The van der Waals surface area contributed by atoms with Crippen LogP contribution in [0.1, 0.15) is 11.4 Å². The van der Waals surface area contributed by atoms with Gasteiger partial charge in [-0.1, -0.05) is 0 Å². The van der Waals surface area contributed by atoms with Crippen LogP contribution in [0.5, 0.6) is 0 Å². The molecule has 1 rings (SSSR count). The predicted octanol–water partition coefficient (Wildman–Crippen LogP) is 2.30. The van der Waals surface area contributed by atoms with Gasteiger partial charge in [-0.05, 0) is 48.6 Å². The molecule has 0 aliphatic rings. The fraction of sp³-hybridized carbons (Fsp3) is 0.286. The highest BCUT2D eigenvalue weighted by Gasteiger charge is 1.90. The van der Waals surface area contributed by atoms with E-state index in [1.807, 2.05) is 13.8 Å². The molecule has 2 heteroatoms. The SMILES string of the molecule is Cc1cc(I)cc(C)n1. The summed E-state index contributed by atoms with van der Waals surface area (Å²) in [7, 11) is 0. The molecule has 0 aromatic carbocycles.